The Hall–Kier alpha value is -2.21. The lowest BCUT2D eigenvalue weighted by molar-refractivity contribution is 0.0519. The summed E-state index contributed by atoms with van der Waals surface area (Å²) in [6.45, 7) is 9.05. The third-order valence-corrected chi connectivity index (χ3v) is 4.25. The third kappa shape index (κ3) is 3.12. The molecule has 1 saturated heterocycles. The zero-order valence-corrected chi connectivity index (χ0v) is 13.7. The first kappa shape index (κ1) is 15.7. The molecule has 0 aliphatic carbocycles. The Kier molecular flexibility index (Phi) is 4.71. The SMILES string of the molecule is CCOC(=O)c1nnc2ccccc2c1N1CCN(CC)CC1. The number of likely N-dealkylation sites (N-methyl/N-ethyl adjacent to an activating group) is 1. The van der Waals surface area contributed by atoms with Gasteiger partial charge in [0.15, 0.2) is 5.69 Å². The Morgan fingerprint density at radius 1 is 1.13 bits per heavy atom. The minimum atomic E-state index is -0.404. The lowest BCUT2D eigenvalue weighted by atomic mass is 10.1. The lowest BCUT2D eigenvalue weighted by Crippen LogP contribution is -2.46. The van der Waals surface area contributed by atoms with E-state index in [2.05, 4.69) is 26.9 Å². The number of rotatable bonds is 4. The van der Waals surface area contributed by atoms with Crippen LogP contribution in [-0.2, 0) is 4.74 Å². The second-order valence-corrected chi connectivity index (χ2v) is 5.56. The van der Waals surface area contributed by atoms with Crippen molar-refractivity contribution >= 4 is 22.6 Å². The second-order valence-electron chi connectivity index (χ2n) is 5.56. The number of ether oxygens (including phenoxy) is 1. The Labute approximate surface area is 136 Å². The molecule has 1 aromatic carbocycles. The maximum atomic E-state index is 12.3. The molecule has 6 nitrogen and oxygen atoms in total. The van der Waals surface area contributed by atoms with Crippen LogP contribution in [0.4, 0.5) is 5.69 Å². The fraction of sp³-hybridized carbons (Fsp3) is 0.471. The van der Waals surface area contributed by atoms with Gasteiger partial charge in [0.2, 0.25) is 0 Å². The average Bonchev–Trinajstić information content (AvgIpc) is 2.61. The van der Waals surface area contributed by atoms with Crippen molar-refractivity contribution in [3.63, 3.8) is 0 Å². The van der Waals surface area contributed by atoms with Gasteiger partial charge in [-0.15, -0.1) is 10.2 Å². The van der Waals surface area contributed by atoms with Crippen molar-refractivity contribution in [1.29, 1.82) is 0 Å². The molecule has 0 spiro atoms. The van der Waals surface area contributed by atoms with E-state index in [4.69, 9.17) is 4.74 Å². The van der Waals surface area contributed by atoms with Crippen LogP contribution in [0.2, 0.25) is 0 Å². The maximum absolute atomic E-state index is 12.3. The van der Waals surface area contributed by atoms with E-state index >= 15 is 0 Å². The number of hydrogen-bond acceptors (Lipinski definition) is 6. The molecule has 1 aliphatic heterocycles. The molecule has 6 heteroatoms. The molecule has 0 amide bonds. The van der Waals surface area contributed by atoms with Gasteiger partial charge >= 0.3 is 5.97 Å². The first-order valence-corrected chi connectivity index (χ1v) is 8.14. The summed E-state index contributed by atoms with van der Waals surface area (Å²) in [6, 6.07) is 7.81. The summed E-state index contributed by atoms with van der Waals surface area (Å²) < 4.78 is 5.17. The Morgan fingerprint density at radius 2 is 1.87 bits per heavy atom. The predicted octanol–water partition coefficient (Wildman–Crippen LogP) is 1.95. The number of carbonyl (C=O) groups excluding carboxylic acids is 1. The van der Waals surface area contributed by atoms with Gasteiger partial charge in [-0.05, 0) is 19.5 Å². The fourth-order valence-electron chi connectivity index (χ4n) is 2.98. The fourth-order valence-corrected chi connectivity index (χ4v) is 2.98. The van der Waals surface area contributed by atoms with Crippen LogP contribution in [0.25, 0.3) is 10.9 Å². The van der Waals surface area contributed by atoms with Crippen molar-refractivity contribution in [2.24, 2.45) is 0 Å². The highest BCUT2D eigenvalue weighted by molar-refractivity contribution is 6.03. The molecule has 0 N–H and O–H groups in total. The Balaban J connectivity index is 2.04. The molecular weight excluding hydrogens is 292 g/mol. The maximum Gasteiger partial charge on any atom is 0.361 e. The van der Waals surface area contributed by atoms with E-state index in [0.717, 1.165) is 49.3 Å². The van der Waals surface area contributed by atoms with Gasteiger partial charge in [0.05, 0.1) is 17.8 Å². The molecule has 122 valence electrons. The molecule has 1 aromatic heterocycles. The molecule has 0 unspecified atom stereocenters. The summed E-state index contributed by atoms with van der Waals surface area (Å²) in [4.78, 5) is 16.9. The number of nitrogens with zero attached hydrogens (tertiary/aromatic N) is 4. The van der Waals surface area contributed by atoms with Gasteiger partial charge in [-0.2, -0.15) is 0 Å². The van der Waals surface area contributed by atoms with E-state index in [9.17, 15) is 4.79 Å². The zero-order valence-electron chi connectivity index (χ0n) is 13.7. The normalized spacial score (nSPS) is 15.8. The van der Waals surface area contributed by atoms with Crippen LogP contribution in [0.15, 0.2) is 24.3 Å². The molecule has 1 aliphatic rings. The van der Waals surface area contributed by atoms with Gasteiger partial charge < -0.3 is 14.5 Å². The van der Waals surface area contributed by atoms with E-state index in [-0.39, 0.29) is 0 Å². The number of esters is 1. The third-order valence-electron chi connectivity index (χ3n) is 4.25. The molecular formula is C17H22N4O2. The molecule has 0 bridgehead atoms. The van der Waals surface area contributed by atoms with Crippen molar-refractivity contribution in [3.05, 3.63) is 30.0 Å². The van der Waals surface area contributed by atoms with Gasteiger partial charge in [0, 0.05) is 31.6 Å². The van der Waals surface area contributed by atoms with Crippen molar-refractivity contribution in [2.75, 3.05) is 44.2 Å². The van der Waals surface area contributed by atoms with E-state index < -0.39 is 5.97 Å². The second kappa shape index (κ2) is 6.91. The predicted molar refractivity (Wildman–Crippen MR) is 89.8 cm³/mol. The van der Waals surface area contributed by atoms with Crippen molar-refractivity contribution in [1.82, 2.24) is 15.1 Å². The van der Waals surface area contributed by atoms with Gasteiger partial charge in [-0.25, -0.2) is 4.79 Å². The zero-order chi connectivity index (χ0) is 16.2. The molecule has 1 fully saturated rings. The first-order valence-electron chi connectivity index (χ1n) is 8.14. The highest BCUT2D eigenvalue weighted by Gasteiger charge is 2.25. The molecule has 3 rings (SSSR count). The van der Waals surface area contributed by atoms with Crippen LogP contribution in [0.1, 0.15) is 24.3 Å². The van der Waals surface area contributed by atoms with E-state index in [1.807, 2.05) is 24.3 Å². The molecule has 0 saturated carbocycles. The summed E-state index contributed by atoms with van der Waals surface area (Å²) >= 11 is 0. The number of fused-ring (bicyclic) bond motifs is 1. The Bertz CT molecular complexity index is 696. The summed E-state index contributed by atoms with van der Waals surface area (Å²) in [7, 11) is 0. The van der Waals surface area contributed by atoms with Crippen LogP contribution in [0, 0.1) is 0 Å². The van der Waals surface area contributed by atoms with Crippen LogP contribution in [0.3, 0.4) is 0 Å². The molecule has 2 heterocycles. The highest BCUT2D eigenvalue weighted by Crippen LogP contribution is 2.29. The van der Waals surface area contributed by atoms with Gasteiger partial charge in [-0.3, -0.25) is 0 Å². The summed E-state index contributed by atoms with van der Waals surface area (Å²) in [6.07, 6.45) is 0. The minimum absolute atomic E-state index is 0.315. The average molecular weight is 314 g/mol. The smallest absolute Gasteiger partial charge is 0.361 e. The van der Waals surface area contributed by atoms with Gasteiger partial charge in [0.1, 0.15) is 0 Å². The van der Waals surface area contributed by atoms with Crippen molar-refractivity contribution in [2.45, 2.75) is 13.8 Å². The minimum Gasteiger partial charge on any atom is -0.461 e. The lowest BCUT2D eigenvalue weighted by Gasteiger charge is -2.36. The highest BCUT2D eigenvalue weighted by atomic mass is 16.5. The number of piperazine rings is 1. The van der Waals surface area contributed by atoms with Crippen LogP contribution in [-0.4, -0.2) is 60.4 Å². The number of hydrogen-bond donors (Lipinski definition) is 0. The summed E-state index contributed by atoms with van der Waals surface area (Å²) in [5.41, 5.74) is 1.97. The molecule has 0 atom stereocenters. The monoisotopic (exact) mass is 314 g/mol. The van der Waals surface area contributed by atoms with Crippen LogP contribution in [0.5, 0.6) is 0 Å². The standard InChI is InChI=1S/C17H22N4O2/c1-3-20-9-11-21(12-10-20)16-13-7-5-6-8-14(13)18-19-15(16)17(22)23-4-2/h5-8H,3-4,9-12H2,1-2H3. The molecule has 23 heavy (non-hydrogen) atoms. The summed E-state index contributed by atoms with van der Waals surface area (Å²) in [5, 5.41) is 9.30. The van der Waals surface area contributed by atoms with Crippen LogP contribution >= 0.6 is 0 Å². The van der Waals surface area contributed by atoms with Gasteiger partial charge in [0.25, 0.3) is 0 Å². The summed E-state index contributed by atoms with van der Waals surface area (Å²) in [5.74, 6) is -0.404. The van der Waals surface area contributed by atoms with E-state index in [1.165, 1.54) is 0 Å². The first-order chi connectivity index (χ1) is 11.2. The number of carbonyl (C=O) groups is 1. The Morgan fingerprint density at radius 3 is 2.57 bits per heavy atom. The van der Waals surface area contributed by atoms with Crippen molar-refractivity contribution < 1.29 is 9.53 Å². The largest absolute Gasteiger partial charge is 0.461 e. The molecule has 2 aromatic rings. The van der Waals surface area contributed by atoms with E-state index in [0.29, 0.717) is 12.3 Å². The van der Waals surface area contributed by atoms with Gasteiger partial charge in [-0.1, -0.05) is 25.1 Å². The van der Waals surface area contributed by atoms with Crippen molar-refractivity contribution in [3.8, 4) is 0 Å². The quantitative estimate of drug-likeness (QED) is 0.804. The van der Waals surface area contributed by atoms with E-state index in [1.54, 1.807) is 6.92 Å². The number of aromatic nitrogens is 2. The topological polar surface area (TPSA) is 58.6 Å². The molecule has 0 radical (unpaired) electrons. The van der Waals surface area contributed by atoms with Crippen LogP contribution < -0.4 is 4.90 Å². The number of anilines is 1. The number of benzene rings is 1.